The van der Waals surface area contributed by atoms with Gasteiger partial charge in [0.05, 0.1) is 42.3 Å². The third-order valence-electron chi connectivity index (χ3n) is 5.15. The van der Waals surface area contributed by atoms with E-state index in [1.54, 1.807) is 26.4 Å². The average molecular weight is 431 g/mol. The standard InChI is InChI=1S/C21H29N5O5/c1-12(2)11-30-21(29)25-19-16(9-23-26(19)4)18-22-10-17(13(3)24-18)31-15-7-5-6-14(8-15)20(27)28/h9-10,12,14-15H,5-8,11H2,1-4H3,(H,25,29)(H,27,28)/t14-,15-/m0/s1. The highest BCUT2D eigenvalue weighted by atomic mass is 16.5. The Balaban J connectivity index is 1.73. The van der Waals surface area contributed by atoms with Gasteiger partial charge in [-0.25, -0.2) is 14.8 Å². The van der Waals surface area contributed by atoms with Crippen molar-refractivity contribution in [2.24, 2.45) is 18.9 Å². The van der Waals surface area contributed by atoms with Gasteiger partial charge < -0.3 is 14.6 Å². The largest absolute Gasteiger partial charge is 0.487 e. The molecule has 0 bridgehead atoms. The number of amides is 1. The number of carbonyl (C=O) groups is 2. The van der Waals surface area contributed by atoms with E-state index in [1.807, 2.05) is 13.8 Å². The van der Waals surface area contributed by atoms with Crippen LogP contribution in [0.15, 0.2) is 12.4 Å². The molecule has 31 heavy (non-hydrogen) atoms. The van der Waals surface area contributed by atoms with Crippen molar-refractivity contribution in [3.63, 3.8) is 0 Å². The number of nitrogens with zero attached hydrogens (tertiary/aromatic N) is 4. The summed E-state index contributed by atoms with van der Waals surface area (Å²) in [4.78, 5) is 32.3. The first-order chi connectivity index (χ1) is 14.7. The minimum atomic E-state index is -0.778. The van der Waals surface area contributed by atoms with Gasteiger partial charge in [0.25, 0.3) is 0 Å². The average Bonchev–Trinajstić information content (AvgIpc) is 3.08. The summed E-state index contributed by atoms with van der Waals surface area (Å²) < 4.78 is 12.7. The fourth-order valence-electron chi connectivity index (χ4n) is 3.48. The number of carboxylic acid groups (broad SMARTS) is 1. The fraction of sp³-hybridized carbons (Fsp3) is 0.571. The van der Waals surface area contributed by atoms with Gasteiger partial charge in [0, 0.05) is 7.05 Å². The predicted molar refractivity (Wildman–Crippen MR) is 113 cm³/mol. The molecule has 2 N–H and O–H groups in total. The number of aliphatic carboxylic acids is 1. The van der Waals surface area contributed by atoms with Crippen LogP contribution in [0.25, 0.3) is 11.4 Å². The maximum absolute atomic E-state index is 12.1. The Morgan fingerprint density at radius 2 is 2.10 bits per heavy atom. The lowest BCUT2D eigenvalue weighted by Crippen LogP contribution is -2.29. The van der Waals surface area contributed by atoms with E-state index in [1.165, 1.54) is 4.68 Å². The number of anilines is 1. The molecule has 0 unspecified atom stereocenters. The Hall–Kier alpha value is -3.17. The smallest absolute Gasteiger partial charge is 0.412 e. The third kappa shape index (κ3) is 5.71. The van der Waals surface area contributed by atoms with E-state index in [0.29, 0.717) is 48.1 Å². The van der Waals surface area contributed by atoms with E-state index in [0.717, 1.165) is 12.8 Å². The summed E-state index contributed by atoms with van der Waals surface area (Å²) in [7, 11) is 1.70. The van der Waals surface area contributed by atoms with Gasteiger partial charge in [-0.3, -0.25) is 14.8 Å². The van der Waals surface area contributed by atoms with Crippen LogP contribution in [0.5, 0.6) is 5.75 Å². The molecule has 0 spiro atoms. The van der Waals surface area contributed by atoms with Crippen LogP contribution in [0.2, 0.25) is 0 Å². The van der Waals surface area contributed by atoms with Crippen LogP contribution in [0.3, 0.4) is 0 Å². The first kappa shape index (κ1) is 22.5. The molecule has 0 radical (unpaired) electrons. The Morgan fingerprint density at radius 1 is 1.32 bits per heavy atom. The molecule has 168 valence electrons. The van der Waals surface area contributed by atoms with Crippen LogP contribution < -0.4 is 10.1 Å². The second-order valence-corrected chi connectivity index (χ2v) is 8.23. The fourth-order valence-corrected chi connectivity index (χ4v) is 3.48. The third-order valence-corrected chi connectivity index (χ3v) is 5.15. The molecule has 10 nitrogen and oxygen atoms in total. The molecule has 0 saturated heterocycles. The van der Waals surface area contributed by atoms with E-state index >= 15 is 0 Å². The van der Waals surface area contributed by atoms with Crippen LogP contribution in [0.4, 0.5) is 10.6 Å². The Labute approximate surface area is 181 Å². The zero-order valence-corrected chi connectivity index (χ0v) is 18.3. The molecule has 2 atom stereocenters. The second-order valence-electron chi connectivity index (χ2n) is 8.23. The lowest BCUT2D eigenvalue weighted by molar-refractivity contribution is -0.143. The van der Waals surface area contributed by atoms with Gasteiger partial charge in [-0.05, 0) is 38.5 Å². The van der Waals surface area contributed by atoms with Gasteiger partial charge >= 0.3 is 12.1 Å². The van der Waals surface area contributed by atoms with E-state index in [2.05, 4.69) is 20.4 Å². The normalized spacial score (nSPS) is 18.6. The summed E-state index contributed by atoms with van der Waals surface area (Å²) in [6.45, 7) is 6.03. The predicted octanol–water partition coefficient (Wildman–Crippen LogP) is 3.41. The van der Waals surface area contributed by atoms with Gasteiger partial charge in [-0.2, -0.15) is 5.10 Å². The maximum atomic E-state index is 12.1. The number of rotatable bonds is 7. The first-order valence-electron chi connectivity index (χ1n) is 10.4. The van der Waals surface area contributed by atoms with E-state index in [4.69, 9.17) is 9.47 Å². The van der Waals surface area contributed by atoms with E-state index in [-0.39, 0.29) is 17.9 Å². The lowest BCUT2D eigenvalue weighted by Gasteiger charge is -2.27. The summed E-state index contributed by atoms with van der Waals surface area (Å²) in [6, 6.07) is 0. The van der Waals surface area contributed by atoms with Crippen LogP contribution in [0.1, 0.15) is 45.2 Å². The summed E-state index contributed by atoms with van der Waals surface area (Å²) >= 11 is 0. The lowest BCUT2D eigenvalue weighted by atomic mass is 9.87. The highest BCUT2D eigenvalue weighted by Gasteiger charge is 2.28. The van der Waals surface area contributed by atoms with Crippen molar-refractivity contribution in [3.8, 4) is 17.1 Å². The minimum Gasteiger partial charge on any atom is -0.487 e. The number of ether oxygens (including phenoxy) is 2. The summed E-state index contributed by atoms with van der Waals surface area (Å²) in [5.41, 5.74) is 1.18. The Kier molecular flexibility index (Phi) is 7.09. The Morgan fingerprint density at radius 3 is 2.77 bits per heavy atom. The topological polar surface area (TPSA) is 128 Å². The summed E-state index contributed by atoms with van der Waals surface area (Å²) in [6.07, 6.45) is 5.19. The zero-order valence-electron chi connectivity index (χ0n) is 18.3. The number of aromatic nitrogens is 4. The minimum absolute atomic E-state index is 0.172. The molecule has 1 saturated carbocycles. The van der Waals surface area contributed by atoms with Crippen LogP contribution in [0, 0.1) is 18.8 Å². The van der Waals surface area contributed by atoms with Crippen molar-refractivity contribution in [2.75, 3.05) is 11.9 Å². The Bertz CT molecular complexity index is 942. The number of hydrogen-bond donors (Lipinski definition) is 2. The van der Waals surface area contributed by atoms with Crippen molar-refractivity contribution < 1.29 is 24.2 Å². The van der Waals surface area contributed by atoms with Crippen molar-refractivity contribution in [2.45, 2.75) is 52.6 Å². The van der Waals surface area contributed by atoms with Crippen molar-refractivity contribution in [3.05, 3.63) is 18.1 Å². The molecule has 10 heteroatoms. The second kappa shape index (κ2) is 9.76. The molecule has 1 aliphatic rings. The van der Waals surface area contributed by atoms with Crippen molar-refractivity contribution in [1.82, 2.24) is 19.7 Å². The van der Waals surface area contributed by atoms with Gasteiger partial charge in [0.2, 0.25) is 0 Å². The van der Waals surface area contributed by atoms with Crippen LogP contribution in [-0.4, -0.2) is 49.6 Å². The molecule has 2 heterocycles. The molecular formula is C21H29N5O5. The SMILES string of the molecule is Cc1nc(-c2cnn(C)c2NC(=O)OCC(C)C)ncc1O[C@H]1CCC[C@H](C(=O)O)C1. The quantitative estimate of drug-likeness (QED) is 0.682. The highest BCUT2D eigenvalue weighted by Crippen LogP contribution is 2.30. The molecule has 0 aromatic carbocycles. The van der Waals surface area contributed by atoms with E-state index < -0.39 is 12.1 Å². The van der Waals surface area contributed by atoms with Crippen molar-refractivity contribution >= 4 is 17.9 Å². The monoisotopic (exact) mass is 431 g/mol. The number of nitrogens with one attached hydrogen (secondary N) is 1. The number of hydrogen-bond acceptors (Lipinski definition) is 7. The van der Waals surface area contributed by atoms with Crippen molar-refractivity contribution in [1.29, 1.82) is 0 Å². The molecule has 1 fully saturated rings. The van der Waals surface area contributed by atoms with Gasteiger partial charge in [0.15, 0.2) is 11.6 Å². The van der Waals surface area contributed by atoms with Gasteiger partial charge in [0.1, 0.15) is 5.82 Å². The molecule has 1 amide bonds. The van der Waals surface area contributed by atoms with Gasteiger partial charge in [-0.1, -0.05) is 13.8 Å². The summed E-state index contributed by atoms with van der Waals surface area (Å²) in [5.74, 6) is 0.418. The number of carboxylic acids is 1. The first-order valence-corrected chi connectivity index (χ1v) is 10.4. The van der Waals surface area contributed by atoms with Gasteiger partial charge in [-0.15, -0.1) is 0 Å². The van der Waals surface area contributed by atoms with Crippen LogP contribution >= 0.6 is 0 Å². The molecular weight excluding hydrogens is 402 g/mol. The number of carbonyl (C=O) groups excluding carboxylic acids is 1. The molecule has 3 rings (SSSR count). The van der Waals surface area contributed by atoms with Crippen LogP contribution in [-0.2, 0) is 16.6 Å². The van der Waals surface area contributed by atoms with E-state index in [9.17, 15) is 14.7 Å². The molecule has 2 aromatic rings. The molecule has 0 aliphatic heterocycles. The highest BCUT2D eigenvalue weighted by molar-refractivity contribution is 5.88. The number of aryl methyl sites for hydroxylation is 2. The molecule has 1 aliphatic carbocycles. The zero-order chi connectivity index (χ0) is 22.5. The summed E-state index contributed by atoms with van der Waals surface area (Å²) in [5, 5.41) is 16.2. The molecule has 2 aromatic heterocycles. The maximum Gasteiger partial charge on any atom is 0.412 e.